The molecule has 2 fully saturated rings. The van der Waals surface area contributed by atoms with Crippen molar-refractivity contribution in [2.45, 2.75) is 23.9 Å². The Morgan fingerprint density at radius 1 is 1.31 bits per heavy atom. The Labute approximate surface area is 93.3 Å². The fourth-order valence-corrected chi connectivity index (χ4v) is 2.93. The van der Waals surface area contributed by atoms with Gasteiger partial charge >= 0.3 is 0 Å². The van der Waals surface area contributed by atoms with Crippen LogP contribution in [0.4, 0.5) is 0 Å². The second-order valence-corrected chi connectivity index (χ2v) is 6.39. The van der Waals surface area contributed by atoms with E-state index in [9.17, 15) is 23.7 Å². The summed E-state index contributed by atoms with van der Waals surface area (Å²) in [5, 5.41) is 28.5. The predicted molar refractivity (Wildman–Crippen MR) is 53.1 cm³/mol. The second kappa shape index (κ2) is 3.62. The summed E-state index contributed by atoms with van der Waals surface area (Å²) in [6, 6.07) is 0. The summed E-state index contributed by atoms with van der Waals surface area (Å²) >= 11 is 0. The Balaban J connectivity index is 2.08. The molecule has 3 atom stereocenters. The molecule has 2 heterocycles. The van der Waals surface area contributed by atoms with E-state index >= 15 is 0 Å². The Bertz CT molecular complexity index is 376. The Morgan fingerprint density at radius 3 is 2.38 bits per heavy atom. The first-order valence-electron chi connectivity index (χ1n) is 4.89. The summed E-state index contributed by atoms with van der Waals surface area (Å²) in [6.45, 7) is -0.0800. The molecule has 0 aliphatic carbocycles. The van der Waals surface area contributed by atoms with Crippen molar-refractivity contribution in [3.63, 3.8) is 0 Å². The van der Waals surface area contributed by atoms with Crippen LogP contribution in [0.15, 0.2) is 0 Å². The van der Waals surface area contributed by atoms with Crippen LogP contribution >= 0.6 is 0 Å². The van der Waals surface area contributed by atoms with Gasteiger partial charge in [0.1, 0.15) is 23.9 Å². The van der Waals surface area contributed by atoms with Crippen molar-refractivity contribution in [2.24, 2.45) is 0 Å². The minimum atomic E-state index is -3.30. The van der Waals surface area contributed by atoms with Gasteiger partial charge in [0, 0.05) is 13.1 Å². The van der Waals surface area contributed by atoms with Crippen molar-refractivity contribution in [3.05, 3.63) is 0 Å². The Kier molecular flexibility index (Phi) is 2.76. The quantitative estimate of drug-likeness (QED) is 0.463. The number of rotatable bonds is 1. The van der Waals surface area contributed by atoms with Crippen molar-refractivity contribution >= 4 is 10.0 Å². The van der Waals surface area contributed by atoms with Gasteiger partial charge in [-0.25, -0.2) is 8.42 Å². The van der Waals surface area contributed by atoms with Crippen molar-refractivity contribution in [1.29, 1.82) is 0 Å². The van der Waals surface area contributed by atoms with Crippen LogP contribution in [-0.4, -0.2) is 77.9 Å². The van der Waals surface area contributed by atoms with Gasteiger partial charge < -0.3 is 20.1 Å². The maximum atomic E-state index is 11.2. The second-order valence-electron chi connectivity index (χ2n) is 4.41. The number of aliphatic hydroxyl groups is 3. The number of nitrogens with zero attached hydrogens (tertiary/aromatic N) is 1. The highest BCUT2D eigenvalue weighted by Gasteiger charge is 2.58. The van der Waals surface area contributed by atoms with Crippen LogP contribution in [0.1, 0.15) is 0 Å². The summed E-state index contributed by atoms with van der Waals surface area (Å²) in [5.41, 5.74) is -1.07. The zero-order valence-electron chi connectivity index (χ0n) is 8.78. The molecule has 3 N–H and O–H groups in total. The van der Waals surface area contributed by atoms with Gasteiger partial charge in [-0.1, -0.05) is 0 Å². The van der Waals surface area contributed by atoms with Crippen LogP contribution in [-0.2, 0) is 14.8 Å². The van der Waals surface area contributed by atoms with E-state index in [1.54, 1.807) is 0 Å². The highest BCUT2D eigenvalue weighted by Crippen LogP contribution is 2.35. The minimum Gasteiger partial charge on any atom is -0.388 e. The fourth-order valence-electron chi connectivity index (χ4n) is 2.02. The maximum absolute atomic E-state index is 11.2. The summed E-state index contributed by atoms with van der Waals surface area (Å²) < 4.78 is 28.7. The summed E-state index contributed by atoms with van der Waals surface area (Å²) in [4.78, 5) is 0. The molecule has 94 valence electrons. The van der Waals surface area contributed by atoms with Gasteiger partial charge in [0.25, 0.3) is 0 Å². The van der Waals surface area contributed by atoms with Gasteiger partial charge in [-0.15, -0.1) is 0 Å². The number of hydrogen-bond acceptors (Lipinski definition) is 6. The third kappa shape index (κ3) is 1.75. The van der Waals surface area contributed by atoms with Crippen molar-refractivity contribution in [1.82, 2.24) is 4.31 Å². The lowest BCUT2D eigenvalue weighted by atomic mass is 9.83. The molecule has 0 aromatic rings. The van der Waals surface area contributed by atoms with E-state index in [4.69, 9.17) is 4.74 Å². The summed E-state index contributed by atoms with van der Waals surface area (Å²) in [6.07, 6.45) is -2.63. The van der Waals surface area contributed by atoms with E-state index in [1.165, 1.54) is 0 Å². The molecule has 0 saturated carbocycles. The number of ether oxygens (including phenoxy) is 1. The maximum Gasteiger partial charge on any atom is 0.211 e. The van der Waals surface area contributed by atoms with Crippen molar-refractivity contribution < 1.29 is 28.5 Å². The fraction of sp³-hybridized carbons (Fsp3) is 1.00. The molecule has 0 unspecified atom stereocenters. The zero-order valence-corrected chi connectivity index (χ0v) is 9.59. The first-order valence-corrected chi connectivity index (χ1v) is 6.74. The van der Waals surface area contributed by atoms with E-state index in [-0.39, 0.29) is 19.7 Å². The molecule has 0 radical (unpaired) electrons. The van der Waals surface area contributed by atoms with Crippen LogP contribution in [0.25, 0.3) is 0 Å². The first-order chi connectivity index (χ1) is 7.26. The molecule has 2 saturated heterocycles. The van der Waals surface area contributed by atoms with Crippen LogP contribution < -0.4 is 0 Å². The molecule has 2 aliphatic rings. The van der Waals surface area contributed by atoms with E-state index in [0.29, 0.717) is 0 Å². The Morgan fingerprint density at radius 2 is 1.88 bits per heavy atom. The molecule has 0 aromatic heterocycles. The Hall–Kier alpha value is -0.250. The molecule has 1 spiro atoms. The highest BCUT2D eigenvalue weighted by molar-refractivity contribution is 7.88. The number of hydrogen-bond donors (Lipinski definition) is 3. The molecular weight excluding hydrogens is 238 g/mol. The monoisotopic (exact) mass is 253 g/mol. The summed E-state index contributed by atoms with van der Waals surface area (Å²) in [7, 11) is -3.30. The number of aliphatic hydroxyl groups excluding tert-OH is 3. The molecule has 7 nitrogen and oxygen atoms in total. The van der Waals surface area contributed by atoms with Gasteiger partial charge in [0.2, 0.25) is 10.0 Å². The van der Waals surface area contributed by atoms with Crippen LogP contribution in [0.3, 0.4) is 0 Å². The first kappa shape index (κ1) is 12.2. The average Bonchev–Trinajstić information content (AvgIpc) is 2.10. The third-order valence-electron chi connectivity index (χ3n) is 3.16. The van der Waals surface area contributed by atoms with Gasteiger partial charge in [-0.2, -0.15) is 4.31 Å². The van der Waals surface area contributed by atoms with Crippen molar-refractivity contribution in [2.75, 3.05) is 26.0 Å². The van der Waals surface area contributed by atoms with Crippen LogP contribution in [0.5, 0.6) is 0 Å². The number of sulfonamides is 1. The smallest absolute Gasteiger partial charge is 0.211 e. The zero-order chi connectivity index (χ0) is 12.1. The molecule has 16 heavy (non-hydrogen) atoms. The highest BCUT2D eigenvalue weighted by atomic mass is 32.2. The largest absolute Gasteiger partial charge is 0.388 e. The van der Waals surface area contributed by atoms with E-state index in [2.05, 4.69) is 0 Å². The van der Waals surface area contributed by atoms with Gasteiger partial charge in [0.05, 0.1) is 12.9 Å². The van der Waals surface area contributed by atoms with Gasteiger partial charge in [0.15, 0.2) is 0 Å². The minimum absolute atomic E-state index is 0.0107. The molecular formula is C8H15NO6S. The standard InChI is InChI=1S/C8H15NO6S/c1-16(13,14)9-3-8(4-9)7(12)6(11)5(10)2-15-8/h5-7,10-12H,2-4H2,1H3/t5-,6-,7-/m1/s1. The average molecular weight is 253 g/mol. The molecule has 8 heteroatoms. The lowest BCUT2D eigenvalue weighted by Crippen LogP contribution is -2.75. The molecule has 0 bridgehead atoms. The van der Waals surface area contributed by atoms with Gasteiger partial charge in [-0.05, 0) is 0 Å². The van der Waals surface area contributed by atoms with E-state index in [1.807, 2.05) is 0 Å². The van der Waals surface area contributed by atoms with Gasteiger partial charge in [-0.3, -0.25) is 0 Å². The topological polar surface area (TPSA) is 107 Å². The SMILES string of the molecule is CS(=O)(=O)N1CC2(C1)OC[C@@H](O)[C@@H](O)[C@H]2O. The third-order valence-corrected chi connectivity index (χ3v) is 4.35. The molecule has 2 rings (SSSR count). The summed E-state index contributed by atoms with van der Waals surface area (Å²) in [5.74, 6) is 0. The van der Waals surface area contributed by atoms with E-state index < -0.39 is 33.9 Å². The predicted octanol–water partition coefficient (Wildman–Crippen LogP) is -2.89. The van der Waals surface area contributed by atoms with E-state index in [0.717, 1.165) is 10.6 Å². The van der Waals surface area contributed by atoms with Crippen LogP contribution in [0.2, 0.25) is 0 Å². The van der Waals surface area contributed by atoms with Crippen molar-refractivity contribution in [3.8, 4) is 0 Å². The lowest BCUT2D eigenvalue weighted by molar-refractivity contribution is -0.265. The molecule has 0 aromatic carbocycles. The molecule has 2 aliphatic heterocycles. The normalized spacial score (nSPS) is 39.6. The lowest BCUT2D eigenvalue weighted by Gasteiger charge is -2.54. The molecule has 0 amide bonds. The van der Waals surface area contributed by atoms with Crippen LogP contribution in [0, 0.1) is 0 Å².